The van der Waals surface area contributed by atoms with Crippen LogP contribution in [-0.2, 0) is 4.74 Å². The normalized spacial score (nSPS) is 19.8. The Kier molecular flexibility index (Phi) is 2.98. The summed E-state index contributed by atoms with van der Waals surface area (Å²) < 4.78 is 13.0. The molecule has 0 saturated carbocycles. The monoisotopic (exact) mass is 263 g/mol. The van der Waals surface area contributed by atoms with Gasteiger partial charge in [-0.3, -0.25) is 4.57 Å². The van der Waals surface area contributed by atoms with E-state index in [2.05, 4.69) is 15.0 Å². The van der Waals surface area contributed by atoms with Gasteiger partial charge in [0.2, 0.25) is 0 Å². The molecule has 0 spiro atoms. The van der Waals surface area contributed by atoms with Crippen molar-refractivity contribution in [1.29, 1.82) is 0 Å². The Balaban J connectivity index is 2.19. The average Bonchev–Trinajstić information content (AvgIpc) is 2.78. The molecule has 0 amide bonds. The SMILES string of the molecule is COc1nc2c(N)nc(C)nc2n1C1CCCCO1. The number of hydrogen-bond acceptors (Lipinski definition) is 6. The van der Waals surface area contributed by atoms with Crippen LogP contribution in [0.5, 0.6) is 6.01 Å². The molecule has 0 radical (unpaired) electrons. The number of anilines is 1. The zero-order chi connectivity index (χ0) is 13.4. The number of nitrogens with two attached hydrogens (primary N) is 1. The molecule has 1 saturated heterocycles. The minimum atomic E-state index is -0.0950. The van der Waals surface area contributed by atoms with E-state index < -0.39 is 0 Å². The molecule has 19 heavy (non-hydrogen) atoms. The molecule has 1 aliphatic heterocycles. The van der Waals surface area contributed by atoms with Gasteiger partial charge in [-0.05, 0) is 26.2 Å². The highest BCUT2D eigenvalue weighted by Crippen LogP contribution is 2.32. The number of nitrogen functional groups attached to an aromatic ring is 1. The molecular formula is C12H17N5O2. The molecule has 0 aliphatic carbocycles. The van der Waals surface area contributed by atoms with Gasteiger partial charge in [-0.15, -0.1) is 0 Å². The molecular weight excluding hydrogens is 246 g/mol. The first kappa shape index (κ1) is 12.2. The summed E-state index contributed by atoms with van der Waals surface area (Å²) in [6.45, 7) is 2.55. The zero-order valence-corrected chi connectivity index (χ0v) is 11.1. The summed E-state index contributed by atoms with van der Waals surface area (Å²) in [5, 5.41) is 0. The third-order valence-corrected chi connectivity index (χ3v) is 3.27. The van der Waals surface area contributed by atoms with Gasteiger partial charge in [0.15, 0.2) is 17.0 Å². The first-order valence-electron chi connectivity index (χ1n) is 6.38. The number of nitrogens with zero attached hydrogens (tertiary/aromatic N) is 4. The lowest BCUT2D eigenvalue weighted by Gasteiger charge is -2.24. The number of aryl methyl sites for hydroxylation is 1. The third-order valence-electron chi connectivity index (χ3n) is 3.27. The van der Waals surface area contributed by atoms with Crippen molar-refractivity contribution < 1.29 is 9.47 Å². The fourth-order valence-corrected chi connectivity index (χ4v) is 2.42. The molecule has 1 unspecified atom stereocenters. The average molecular weight is 263 g/mol. The lowest BCUT2D eigenvalue weighted by atomic mass is 10.2. The molecule has 1 fully saturated rings. The predicted octanol–water partition coefficient (Wildman–Crippen LogP) is 1.42. The van der Waals surface area contributed by atoms with E-state index in [1.54, 1.807) is 14.0 Å². The number of methoxy groups -OCH3 is 1. The van der Waals surface area contributed by atoms with Gasteiger partial charge in [0, 0.05) is 6.61 Å². The second-order valence-electron chi connectivity index (χ2n) is 4.62. The number of imidazole rings is 1. The molecule has 2 N–H and O–H groups in total. The largest absolute Gasteiger partial charge is 0.468 e. The van der Waals surface area contributed by atoms with E-state index in [1.165, 1.54) is 0 Å². The summed E-state index contributed by atoms with van der Waals surface area (Å²) in [5.41, 5.74) is 7.14. The van der Waals surface area contributed by atoms with Gasteiger partial charge in [-0.25, -0.2) is 9.97 Å². The standard InChI is InChI=1S/C12H17N5O2/c1-7-14-10(13)9-11(15-7)17(12(16-9)18-2)8-5-3-4-6-19-8/h8H,3-6H2,1-2H3,(H2,13,14,15). The van der Waals surface area contributed by atoms with Crippen molar-refractivity contribution in [2.45, 2.75) is 32.4 Å². The molecule has 1 atom stereocenters. The van der Waals surface area contributed by atoms with E-state index in [1.807, 2.05) is 4.57 Å². The van der Waals surface area contributed by atoms with Gasteiger partial charge in [0.05, 0.1) is 7.11 Å². The Morgan fingerprint density at radius 1 is 1.32 bits per heavy atom. The second-order valence-corrected chi connectivity index (χ2v) is 4.62. The van der Waals surface area contributed by atoms with E-state index in [-0.39, 0.29) is 6.23 Å². The quantitative estimate of drug-likeness (QED) is 0.881. The Hall–Kier alpha value is -1.89. The van der Waals surface area contributed by atoms with Crippen LogP contribution < -0.4 is 10.5 Å². The van der Waals surface area contributed by atoms with Crippen LogP contribution in [-0.4, -0.2) is 33.2 Å². The highest BCUT2D eigenvalue weighted by atomic mass is 16.5. The highest BCUT2D eigenvalue weighted by Gasteiger charge is 2.25. The Morgan fingerprint density at radius 2 is 2.16 bits per heavy atom. The molecule has 102 valence electrons. The Labute approximate surface area is 110 Å². The lowest BCUT2D eigenvalue weighted by Crippen LogP contribution is -2.19. The first-order valence-corrected chi connectivity index (χ1v) is 6.38. The third kappa shape index (κ3) is 1.99. The minimum Gasteiger partial charge on any atom is -0.468 e. The maximum atomic E-state index is 5.90. The predicted molar refractivity (Wildman–Crippen MR) is 69.9 cm³/mol. The van der Waals surface area contributed by atoms with Crippen LogP contribution in [0.2, 0.25) is 0 Å². The molecule has 3 rings (SSSR count). The van der Waals surface area contributed by atoms with E-state index in [4.69, 9.17) is 15.2 Å². The van der Waals surface area contributed by atoms with Crippen LogP contribution >= 0.6 is 0 Å². The molecule has 2 aromatic rings. The molecule has 1 aliphatic rings. The maximum absolute atomic E-state index is 5.90. The smallest absolute Gasteiger partial charge is 0.300 e. The second kappa shape index (κ2) is 4.65. The summed E-state index contributed by atoms with van der Waals surface area (Å²) in [6.07, 6.45) is 3.03. The molecule has 7 nitrogen and oxygen atoms in total. The molecule has 0 aromatic carbocycles. The number of ether oxygens (including phenoxy) is 2. The summed E-state index contributed by atoms with van der Waals surface area (Å²) >= 11 is 0. The maximum Gasteiger partial charge on any atom is 0.300 e. The van der Waals surface area contributed by atoms with Crippen LogP contribution in [0.25, 0.3) is 11.2 Å². The zero-order valence-electron chi connectivity index (χ0n) is 11.1. The van der Waals surface area contributed by atoms with Crippen molar-refractivity contribution in [3.05, 3.63) is 5.82 Å². The van der Waals surface area contributed by atoms with Gasteiger partial charge >= 0.3 is 6.01 Å². The summed E-state index contributed by atoms with van der Waals surface area (Å²) in [4.78, 5) is 12.9. The molecule has 2 aromatic heterocycles. The lowest BCUT2D eigenvalue weighted by molar-refractivity contribution is -0.0334. The van der Waals surface area contributed by atoms with Gasteiger partial charge in [0.1, 0.15) is 12.1 Å². The van der Waals surface area contributed by atoms with Crippen molar-refractivity contribution in [1.82, 2.24) is 19.5 Å². The highest BCUT2D eigenvalue weighted by molar-refractivity contribution is 5.82. The molecule has 0 bridgehead atoms. The van der Waals surface area contributed by atoms with Crippen LogP contribution in [0.3, 0.4) is 0 Å². The van der Waals surface area contributed by atoms with Crippen molar-refractivity contribution in [2.24, 2.45) is 0 Å². The van der Waals surface area contributed by atoms with Crippen LogP contribution in [0, 0.1) is 6.92 Å². The van der Waals surface area contributed by atoms with Gasteiger partial charge in [0.25, 0.3) is 0 Å². The number of hydrogen-bond donors (Lipinski definition) is 1. The molecule has 3 heterocycles. The van der Waals surface area contributed by atoms with Crippen molar-refractivity contribution in [2.75, 3.05) is 19.5 Å². The van der Waals surface area contributed by atoms with E-state index >= 15 is 0 Å². The van der Waals surface area contributed by atoms with Crippen LogP contribution in [0.4, 0.5) is 5.82 Å². The number of rotatable bonds is 2. The van der Waals surface area contributed by atoms with E-state index in [0.29, 0.717) is 28.8 Å². The van der Waals surface area contributed by atoms with Crippen molar-refractivity contribution in [3.63, 3.8) is 0 Å². The van der Waals surface area contributed by atoms with Gasteiger partial charge < -0.3 is 15.2 Å². The first-order chi connectivity index (χ1) is 9.20. The Morgan fingerprint density at radius 3 is 2.84 bits per heavy atom. The Bertz CT molecular complexity index is 604. The fraction of sp³-hybridized carbons (Fsp3) is 0.583. The van der Waals surface area contributed by atoms with E-state index in [0.717, 1.165) is 25.9 Å². The van der Waals surface area contributed by atoms with E-state index in [9.17, 15) is 0 Å². The fourth-order valence-electron chi connectivity index (χ4n) is 2.42. The summed E-state index contributed by atoms with van der Waals surface area (Å²) in [7, 11) is 1.58. The van der Waals surface area contributed by atoms with Crippen molar-refractivity contribution >= 4 is 17.0 Å². The summed E-state index contributed by atoms with van der Waals surface area (Å²) in [6, 6.07) is 0.466. The van der Waals surface area contributed by atoms with Crippen LogP contribution in [0.15, 0.2) is 0 Å². The van der Waals surface area contributed by atoms with Gasteiger partial charge in [-0.2, -0.15) is 4.98 Å². The summed E-state index contributed by atoms with van der Waals surface area (Å²) in [5.74, 6) is 0.986. The van der Waals surface area contributed by atoms with Crippen LogP contribution in [0.1, 0.15) is 31.3 Å². The number of aromatic nitrogens is 4. The van der Waals surface area contributed by atoms with Crippen molar-refractivity contribution in [3.8, 4) is 6.01 Å². The number of fused-ring (bicyclic) bond motifs is 1. The minimum absolute atomic E-state index is 0.0950. The van der Waals surface area contributed by atoms with Gasteiger partial charge in [-0.1, -0.05) is 0 Å². The molecule has 7 heteroatoms. The topological polar surface area (TPSA) is 88.1 Å².